The number of hydrogen-bond acceptors (Lipinski definition) is 4. The van der Waals surface area contributed by atoms with Crippen molar-refractivity contribution in [3.05, 3.63) is 150 Å². The summed E-state index contributed by atoms with van der Waals surface area (Å²) < 4.78 is 5.76. The Kier molecular flexibility index (Phi) is 10.1. The van der Waals surface area contributed by atoms with Crippen molar-refractivity contribution in [1.82, 2.24) is 20.6 Å². The fourth-order valence-electron chi connectivity index (χ4n) is 5.98. The van der Waals surface area contributed by atoms with Gasteiger partial charge in [0.05, 0.1) is 19.5 Å². The van der Waals surface area contributed by atoms with Gasteiger partial charge in [0.1, 0.15) is 6.04 Å². The van der Waals surface area contributed by atoms with Crippen LogP contribution in [-0.4, -0.2) is 41.0 Å². The molecule has 0 bridgehead atoms. The Morgan fingerprint density at radius 2 is 1.30 bits per heavy atom. The van der Waals surface area contributed by atoms with Crippen LogP contribution in [0.4, 0.5) is 0 Å². The van der Waals surface area contributed by atoms with E-state index in [0.29, 0.717) is 32.6 Å². The molecule has 3 N–H and O–H groups in total. The number of imidazole rings is 1. The molecule has 0 fully saturated rings. The second-order valence-electron chi connectivity index (χ2n) is 11.6. The second-order valence-corrected chi connectivity index (χ2v) is 11.6. The first-order valence-electron chi connectivity index (χ1n) is 15.7. The van der Waals surface area contributed by atoms with Crippen molar-refractivity contribution >= 4 is 33.4 Å². The number of H-pyrrole nitrogens is 1. The Morgan fingerprint density at radius 3 is 1.93 bits per heavy atom. The molecule has 2 amide bonds. The first-order valence-corrected chi connectivity index (χ1v) is 15.7. The molecule has 6 rings (SSSR count). The number of fused-ring (bicyclic) bond motifs is 2. The minimum absolute atomic E-state index is 0.166. The number of ether oxygens (including phenoxy) is 1. The van der Waals surface area contributed by atoms with Crippen LogP contribution in [0.3, 0.4) is 0 Å². The van der Waals surface area contributed by atoms with Crippen molar-refractivity contribution in [3.8, 4) is 0 Å². The molecule has 232 valence electrons. The zero-order chi connectivity index (χ0) is 31.6. The van der Waals surface area contributed by atoms with Gasteiger partial charge < -0.3 is 20.4 Å². The number of nitrogens with zero attached hydrogens (tertiary/aromatic N) is 1. The van der Waals surface area contributed by atoms with Crippen molar-refractivity contribution in [3.63, 3.8) is 0 Å². The van der Waals surface area contributed by atoms with E-state index in [-0.39, 0.29) is 18.2 Å². The standard InChI is InChI=1S/C39H38N4O3/c44-38(43-37(24-34-25-40-27-42-34)39(45)41-20-21-46-26-28-10-2-1-3-11-28)33(22-31-16-8-14-29-12-4-6-18-35(29)31)23-32-17-9-15-30-13-5-7-19-36(30)32/h1-19,25,27,33,37H,20-24,26H2,(H,40,42)(H,41,45)(H,43,44). The van der Waals surface area contributed by atoms with Crippen LogP contribution in [0, 0.1) is 5.92 Å². The number of benzene rings is 5. The lowest BCUT2D eigenvalue weighted by atomic mass is 9.87. The molecule has 5 aromatic carbocycles. The Balaban J connectivity index is 1.21. The van der Waals surface area contributed by atoms with Gasteiger partial charge in [-0.3, -0.25) is 9.59 Å². The molecule has 46 heavy (non-hydrogen) atoms. The maximum absolute atomic E-state index is 14.3. The van der Waals surface area contributed by atoms with Crippen molar-refractivity contribution in [2.45, 2.75) is 31.9 Å². The number of nitrogens with one attached hydrogen (secondary N) is 3. The van der Waals surface area contributed by atoms with Crippen LogP contribution < -0.4 is 10.6 Å². The molecular weight excluding hydrogens is 572 g/mol. The number of hydrogen-bond donors (Lipinski definition) is 3. The highest BCUT2D eigenvalue weighted by molar-refractivity contribution is 5.91. The zero-order valence-corrected chi connectivity index (χ0v) is 25.7. The van der Waals surface area contributed by atoms with E-state index in [2.05, 4.69) is 69.1 Å². The van der Waals surface area contributed by atoms with E-state index in [0.717, 1.165) is 43.9 Å². The minimum atomic E-state index is -0.787. The van der Waals surface area contributed by atoms with Gasteiger partial charge in [-0.05, 0) is 51.1 Å². The van der Waals surface area contributed by atoms with Gasteiger partial charge in [0.25, 0.3) is 0 Å². The second kappa shape index (κ2) is 15.1. The van der Waals surface area contributed by atoms with E-state index in [9.17, 15) is 9.59 Å². The number of aromatic amines is 1. The van der Waals surface area contributed by atoms with Crippen molar-refractivity contribution in [2.24, 2.45) is 5.92 Å². The molecule has 1 atom stereocenters. The Labute approximate surface area is 269 Å². The van der Waals surface area contributed by atoms with Gasteiger partial charge >= 0.3 is 0 Å². The molecule has 7 nitrogen and oxygen atoms in total. The first-order chi connectivity index (χ1) is 22.6. The van der Waals surface area contributed by atoms with E-state index in [1.54, 1.807) is 12.5 Å². The highest BCUT2D eigenvalue weighted by Gasteiger charge is 2.27. The predicted octanol–water partition coefficient (Wildman–Crippen LogP) is 6.18. The highest BCUT2D eigenvalue weighted by atomic mass is 16.5. The smallest absolute Gasteiger partial charge is 0.243 e. The molecule has 1 aromatic heterocycles. The van der Waals surface area contributed by atoms with Gasteiger partial charge in [-0.2, -0.15) is 0 Å². The summed E-state index contributed by atoms with van der Waals surface area (Å²) in [7, 11) is 0. The summed E-state index contributed by atoms with van der Waals surface area (Å²) in [5.74, 6) is -0.843. The van der Waals surface area contributed by atoms with Gasteiger partial charge in [-0.1, -0.05) is 115 Å². The van der Waals surface area contributed by atoms with Gasteiger partial charge in [0.2, 0.25) is 11.8 Å². The molecule has 0 aliphatic rings. The number of aromatic nitrogens is 2. The summed E-state index contributed by atoms with van der Waals surface area (Å²) >= 11 is 0. The highest BCUT2D eigenvalue weighted by Crippen LogP contribution is 2.26. The van der Waals surface area contributed by atoms with Gasteiger partial charge in [-0.25, -0.2) is 4.98 Å². The van der Waals surface area contributed by atoms with E-state index in [4.69, 9.17) is 4.74 Å². The van der Waals surface area contributed by atoms with Crippen LogP contribution in [0.1, 0.15) is 22.4 Å². The lowest BCUT2D eigenvalue weighted by Gasteiger charge is -2.23. The lowest BCUT2D eigenvalue weighted by Crippen LogP contribution is -2.50. The summed E-state index contributed by atoms with van der Waals surface area (Å²) in [6.07, 6.45) is 4.61. The van der Waals surface area contributed by atoms with Crippen LogP contribution in [0.25, 0.3) is 21.5 Å². The average molecular weight is 611 g/mol. The monoisotopic (exact) mass is 610 g/mol. The van der Waals surface area contributed by atoms with Crippen LogP contribution in [0.2, 0.25) is 0 Å². The summed E-state index contributed by atoms with van der Waals surface area (Å²) in [5, 5.41) is 10.6. The van der Waals surface area contributed by atoms with Crippen LogP contribution >= 0.6 is 0 Å². The quantitative estimate of drug-likeness (QED) is 0.128. The largest absolute Gasteiger partial charge is 0.375 e. The third-order valence-corrected chi connectivity index (χ3v) is 8.33. The first kappa shape index (κ1) is 30.7. The van der Waals surface area contributed by atoms with Gasteiger partial charge in [0.15, 0.2) is 0 Å². The number of carbonyl (C=O) groups is 2. The average Bonchev–Trinajstić information content (AvgIpc) is 3.61. The fourth-order valence-corrected chi connectivity index (χ4v) is 5.98. The lowest BCUT2D eigenvalue weighted by molar-refractivity contribution is -0.131. The number of carbonyl (C=O) groups excluding carboxylic acids is 2. The van der Waals surface area contributed by atoms with Crippen molar-refractivity contribution in [2.75, 3.05) is 13.2 Å². The van der Waals surface area contributed by atoms with E-state index < -0.39 is 12.0 Å². The summed E-state index contributed by atoms with van der Waals surface area (Å²) in [6, 6.07) is 38.1. The molecule has 1 heterocycles. The van der Waals surface area contributed by atoms with Crippen molar-refractivity contribution < 1.29 is 14.3 Å². The topological polar surface area (TPSA) is 96.1 Å². The summed E-state index contributed by atoms with van der Waals surface area (Å²) in [4.78, 5) is 35.0. The van der Waals surface area contributed by atoms with Crippen LogP contribution in [0.15, 0.2) is 128 Å². The Morgan fingerprint density at radius 1 is 0.696 bits per heavy atom. The predicted molar refractivity (Wildman–Crippen MR) is 182 cm³/mol. The summed E-state index contributed by atoms with van der Waals surface area (Å²) in [6.45, 7) is 1.15. The van der Waals surface area contributed by atoms with E-state index in [1.807, 2.05) is 66.7 Å². The molecule has 0 aliphatic carbocycles. The minimum Gasteiger partial charge on any atom is -0.375 e. The third-order valence-electron chi connectivity index (χ3n) is 8.33. The molecule has 0 saturated heterocycles. The Bertz CT molecular complexity index is 1800. The summed E-state index contributed by atoms with van der Waals surface area (Å²) in [5.41, 5.74) is 4.04. The molecule has 0 aliphatic heterocycles. The molecule has 0 saturated carbocycles. The maximum atomic E-state index is 14.3. The number of rotatable bonds is 14. The molecular formula is C39H38N4O3. The van der Waals surface area contributed by atoms with E-state index >= 15 is 0 Å². The van der Waals surface area contributed by atoms with Crippen LogP contribution in [0.5, 0.6) is 0 Å². The molecule has 7 heteroatoms. The molecule has 6 aromatic rings. The van der Waals surface area contributed by atoms with Crippen LogP contribution in [-0.2, 0) is 40.2 Å². The zero-order valence-electron chi connectivity index (χ0n) is 25.7. The Hall–Kier alpha value is -5.27. The molecule has 0 spiro atoms. The third kappa shape index (κ3) is 7.86. The maximum Gasteiger partial charge on any atom is 0.243 e. The van der Waals surface area contributed by atoms with Gasteiger partial charge in [-0.15, -0.1) is 0 Å². The fraction of sp³-hybridized carbons (Fsp3) is 0.205. The SMILES string of the molecule is O=C(NC(Cc1cnc[nH]1)C(=O)NCCOCc1ccccc1)C(Cc1cccc2ccccc12)Cc1cccc2ccccc12. The van der Waals surface area contributed by atoms with E-state index in [1.165, 1.54) is 0 Å². The molecule has 0 radical (unpaired) electrons. The normalized spacial score (nSPS) is 11.9. The van der Waals surface area contributed by atoms with Crippen molar-refractivity contribution in [1.29, 1.82) is 0 Å². The molecule has 1 unspecified atom stereocenters. The van der Waals surface area contributed by atoms with Gasteiger partial charge in [0, 0.05) is 30.8 Å². The number of amides is 2.